The number of aliphatic imine (C=N–C) groups is 1. The second-order valence-corrected chi connectivity index (χ2v) is 13.3. The van der Waals surface area contributed by atoms with Crippen molar-refractivity contribution in [3.8, 4) is 5.75 Å². The molecule has 0 atom stereocenters. The molecule has 3 aliphatic rings. The molecule has 5 rings (SSSR count). The fourth-order valence-electron chi connectivity index (χ4n) is 7.08. The zero-order chi connectivity index (χ0) is 32.3. The van der Waals surface area contributed by atoms with Gasteiger partial charge < -0.3 is 19.9 Å². The first-order valence-corrected chi connectivity index (χ1v) is 17.4. The highest BCUT2D eigenvalue weighted by atomic mass is 16.5. The highest BCUT2D eigenvalue weighted by Crippen LogP contribution is 2.36. The molecule has 46 heavy (non-hydrogen) atoms. The van der Waals surface area contributed by atoms with E-state index in [2.05, 4.69) is 15.5 Å². The molecule has 248 valence electrons. The smallest absolute Gasteiger partial charge is 0.239 e. The minimum absolute atomic E-state index is 0.00179. The number of amides is 3. The van der Waals surface area contributed by atoms with Crippen LogP contribution in [0.2, 0.25) is 0 Å². The van der Waals surface area contributed by atoms with Crippen LogP contribution in [0, 0.1) is 0 Å². The molecule has 9 nitrogen and oxygen atoms in total. The lowest BCUT2D eigenvalue weighted by atomic mass is 9.88. The number of hydrogen-bond acceptors (Lipinski definition) is 6. The van der Waals surface area contributed by atoms with Gasteiger partial charge in [-0.25, -0.2) is 4.99 Å². The van der Waals surface area contributed by atoms with E-state index < -0.39 is 0 Å². The second-order valence-electron chi connectivity index (χ2n) is 13.3. The summed E-state index contributed by atoms with van der Waals surface area (Å²) < 4.78 is 6.26. The fourth-order valence-corrected chi connectivity index (χ4v) is 7.08. The van der Waals surface area contributed by atoms with Crippen molar-refractivity contribution in [2.24, 2.45) is 4.99 Å². The normalized spacial score (nSPS) is 17.2. The first-order chi connectivity index (χ1) is 22.4. The lowest BCUT2D eigenvalue weighted by Gasteiger charge is -2.42. The third kappa shape index (κ3) is 9.33. The number of para-hydroxylation sites is 1. The van der Waals surface area contributed by atoms with Crippen LogP contribution in [0.5, 0.6) is 5.75 Å². The highest BCUT2D eigenvalue weighted by Gasteiger charge is 2.32. The number of hydrogen-bond donors (Lipinski definition) is 2. The zero-order valence-electron chi connectivity index (χ0n) is 27.6. The third-order valence-electron chi connectivity index (χ3n) is 9.22. The summed E-state index contributed by atoms with van der Waals surface area (Å²) in [5, 5.41) is 5.88. The molecule has 0 radical (unpaired) electrons. The number of rotatable bonds is 12. The van der Waals surface area contributed by atoms with Crippen molar-refractivity contribution in [1.29, 1.82) is 0 Å². The Bertz CT molecular complexity index is 1330. The lowest BCUT2D eigenvalue weighted by molar-refractivity contribution is -0.138. The van der Waals surface area contributed by atoms with E-state index in [9.17, 15) is 14.4 Å². The number of carbonyl (C=O) groups is 3. The van der Waals surface area contributed by atoms with Crippen molar-refractivity contribution in [2.45, 2.75) is 122 Å². The van der Waals surface area contributed by atoms with Crippen molar-refractivity contribution < 1.29 is 19.1 Å². The van der Waals surface area contributed by atoms with Crippen LogP contribution in [0.15, 0.2) is 53.5 Å². The van der Waals surface area contributed by atoms with Crippen molar-refractivity contribution in [3.63, 3.8) is 0 Å². The minimum atomic E-state index is -0.208. The Hall–Kier alpha value is -3.88. The van der Waals surface area contributed by atoms with Gasteiger partial charge in [0, 0.05) is 36.7 Å². The average molecular weight is 630 g/mol. The number of carbonyl (C=O) groups excluding carboxylic acids is 3. The van der Waals surface area contributed by atoms with Gasteiger partial charge in [0.2, 0.25) is 23.7 Å². The molecule has 2 aliphatic carbocycles. The number of ether oxygens (including phenoxy) is 1. The van der Waals surface area contributed by atoms with Crippen LogP contribution in [0.1, 0.15) is 102 Å². The molecule has 2 saturated carbocycles. The van der Waals surface area contributed by atoms with E-state index in [0.717, 1.165) is 36.8 Å². The topological polar surface area (TPSA) is 103 Å². The van der Waals surface area contributed by atoms with Crippen molar-refractivity contribution in [3.05, 3.63) is 59.7 Å². The van der Waals surface area contributed by atoms with Crippen LogP contribution in [0.4, 0.5) is 5.69 Å². The summed E-state index contributed by atoms with van der Waals surface area (Å²) in [6.07, 6.45) is 13.3. The van der Waals surface area contributed by atoms with Gasteiger partial charge in [-0.05, 0) is 57.6 Å². The molecule has 2 N–H and O–H groups in total. The molecule has 0 unspecified atom stereocenters. The summed E-state index contributed by atoms with van der Waals surface area (Å²) in [5.41, 5.74) is 2.45. The van der Waals surface area contributed by atoms with E-state index in [1.165, 1.54) is 38.5 Å². The van der Waals surface area contributed by atoms with Crippen molar-refractivity contribution >= 4 is 29.4 Å². The van der Waals surface area contributed by atoms with Crippen molar-refractivity contribution in [2.75, 3.05) is 13.2 Å². The van der Waals surface area contributed by atoms with E-state index in [4.69, 9.17) is 9.73 Å². The maximum Gasteiger partial charge on any atom is 0.239 e. The molecule has 1 heterocycles. The number of nitrogens with one attached hydrogen (secondary N) is 2. The molecule has 1 aliphatic heterocycles. The molecule has 0 saturated heterocycles. The van der Waals surface area contributed by atoms with Crippen LogP contribution in [-0.4, -0.2) is 64.8 Å². The Morgan fingerprint density at radius 1 is 0.891 bits per heavy atom. The molecule has 9 heteroatoms. The van der Waals surface area contributed by atoms with Gasteiger partial charge in [-0.3, -0.25) is 19.7 Å². The number of fused-ring (bicyclic) bond motifs is 1. The SMILES string of the molecule is CC(C)NC(=O)CN1Cc2cccc(OCCCC(=O)N(C3CCCCC3)C3CCCCC3)c2N=C1NC(=O)Cc1ccccc1. The summed E-state index contributed by atoms with van der Waals surface area (Å²) in [7, 11) is 0. The predicted octanol–water partition coefficient (Wildman–Crippen LogP) is 6.03. The van der Waals surface area contributed by atoms with E-state index in [0.29, 0.717) is 55.5 Å². The van der Waals surface area contributed by atoms with Crippen LogP contribution >= 0.6 is 0 Å². The quantitative estimate of drug-likeness (QED) is 0.279. The van der Waals surface area contributed by atoms with Crippen LogP contribution in [-0.2, 0) is 27.3 Å². The van der Waals surface area contributed by atoms with Crippen LogP contribution in [0.25, 0.3) is 0 Å². The summed E-state index contributed by atoms with van der Waals surface area (Å²) in [6.45, 7) is 4.70. The molecule has 0 aromatic heterocycles. The molecule has 2 fully saturated rings. The summed E-state index contributed by atoms with van der Waals surface area (Å²) in [5.74, 6) is 0.863. The third-order valence-corrected chi connectivity index (χ3v) is 9.22. The van der Waals surface area contributed by atoms with Gasteiger partial charge >= 0.3 is 0 Å². The predicted molar refractivity (Wildman–Crippen MR) is 181 cm³/mol. The summed E-state index contributed by atoms with van der Waals surface area (Å²) >= 11 is 0. The Kier molecular flexibility index (Phi) is 12.1. The van der Waals surface area contributed by atoms with E-state index in [-0.39, 0.29) is 36.7 Å². The van der Waals surface area contributed by atoms with E-state index in [1.54, 1.807) is 4.90 Å². The molecule has 2 aromatic rings. The minimum Gasteiger partial charge on any atom is -0.491 e. The van der Waals surface area contributed by atoms with Gasteiger partial charge in [-0.15, -0.1) is 0 Å². The average Bonchev–Trinajstić information content (AvgIpc) is 3.04. The van der Waals surface area contributed by atoms with Gasteiger partial charge in [0.15, 0.2) is 0 Å². The second kappa shape index (κ2) is 16.6. The fraction of sp³-hybridized carbons (Fsp3) is 0.568. The first-order valence-electron chi connectivity index (χ1n) is 17.4. The Labute approximate surface area is 274 Å². The molecule has 3 amide bonds. The Balaban J connectivity index is 1.25. The monoisotopic (exact) mass is 629 g/mol. The number of nitrogens with zero attached hydrogens (tertiary/aromatic N) is 3. The molecular formula is C37H51N5O4. The van der Waals surface area contributed by atoms with Gasteiger partial charge in [-0.1, -0.05) is 81.0 Å². The molecule has 2 aromatic carbocycles. The van der Waals surface area contributed by atoms with E-state index >= 15 is 0 Å². The zero-order valence-corrected chi connectivity index (χ0v) is 27.6. The maximum atomic E-state index is 13.6. The van der Waals surface area contributed by atoms with Crippen LogP contribution < -0.4 is 15.4 Å². The number of guanidine groups is 1. The maximum absolute atomic E-state index is 13.6. The lowest BCUT2D eigenvalue weighted by Crippen LogP contribution is -2.49. The van der Waals surface area contributed by atoms with Gasteiger partial charge in [-0.2, -0.15) is 0 Å². The number of benzene rings is 2. The molecular weight excluding hydrogens is 578 g/mol. The Morgan fingerprint density at radius 3 is 2.22 bits per heavy atom. The van der Waals surface area contributed by atoms with Crippen LogP contribution in [0.3, 0.4) is 0 Å². The van der Waals surface area contributed by atoms with Crippen molar-refractivity contribution in [1.82, 2.24) is 20.4 Å². The van der Waals surface area contributed by atoms with Gasteiger partial charge in [0.1, 0.15) is 18.0 Å². The summed E-state index contributed by atoms with van der Waals surface area (Å²) in [6, 6.07) is 16.1. The standard InChI is InChI=1S/C37H51N5O4/c1-27(2)38-34(44)26-41-25-29-16-12-21-32(36(29)40-37(41)39-33(43)24-28-14-6-3-7-15-28)46-23-13-22-35(45)42(30-17-8-4-9-18-30)31-19-10-5-11-20-31/h3,6-7,12,14-16,21,27,30-31H,4-5,8-11,13,17-20,22-26H2,1-2H3,(H,38,44)(H,39,40,43). The van der Waals surface area contributed by atoms with Gasteiger partial charge in [0.25, 0.3) is 0 Å². The largest absolute Gasteiger partial charge is 0.491 e. The van der Waals surface area contributed by atoms with Gasteiger partial charge in [0.05, 0.1) is 13.0 Å². The summed E-state index contributed by atoms with van der Waals surface area (Å²) in [4.78, 5) is 48.3. The first kappa shape index (κ1) is 33.5. The highest BCUT2D eigenvalue weighted by molar-refractivity contribution is 6.01. The van der Waals surface area contributed by atoms with E-state index in [1.807, 2.05) is 62.4 Å². The molecule has 0 bridgehead atoms. The molecule has 0 spiro atoms. The Morgan fingerprint density at radius 2 is 1.57 bits per heavy atom.